The molecule has 1 aromatic carbocycles. The standard InChI is InChI=1S/C15H19FN2O/c1-9(2)18-14(19)15(3,4)12-8-17-13-7-10(16)5-6-11(12)13/h5-9,17H,1-4H3,(H,18,19). The van der Waals surface area contributed by atoms with E-state index in [1.165, 1.54) is 12.1 Å². The third kappa shape index (κ3) is 2.48. The van der Waals surface area contributed by atoms with Gasteiger partial charge < -0.3 is 10.3 Å². The lowest BCUT2D eigenvalue weighted by atomic mass is 9.83. The highest BCUT2D eigenvalue weighted by atomic mass is 19.1. The molecule has 2 aromatic rings. The lowest BCUT2D eigenvalue weighted by Crippen LogP contribution is -2.43. The van der Waals surface area contributed by atoms with E-state index >= 15 is 0 Å². The first-order valence-electron chi connectivity index (χ1n) is 6.40. The van der Waals surface area contributed by atoms with Crippen molar-refractivity contribution < 1.29 is 9.18 Å². The number of fused-ring (bicyclic) bond motifs is 1. The van der Waals surface area contributed by atoms with Crippen LogP contribution in [0.1, 0.15) is 33.3 Å². The molecule has 0 radical (unpaired) electrons. The highest BCUT2D eigenvalue weighted by molar-refractivity contribution is 5.94. The van der Waals surface area contributed by atoms with Gasteiger partial charge in [-0.05, 0) is 51.5 Å². The van der Waals surface area contributed by atoms with Crippen molar-refractivity contribution >= 4 is 16.8 Å². The van der Waals surface area contributed by atoms with Crippen LogP contribution >= 0.6 is 0 Å². The molecule has 2 N–H and O–H groups in total. The second-order valence-corrected chi connectivity index (χ2v) is 5.65. The molecular formula is C15H19FN2O. The van der Waals surface area contributed by atoms with Crippen molar-refractivity contribution in [1.82, 2.24) is 10.3 Å². The molecule has 0 saturated heterocycles. The van der Waals surface area contributed by atoms with Crippen LogP contribution in [0, 0.1) is 5.82 Å². The first-order valence-corrected chi connectivity index (χ1v) is 6.40. The normalized spacial score (nSPS) is 12.1. The molecule has 0 bridgehead atoms. The summed E-state index contributed by atoms with van der Waals surface area (Å²) < 4.78 is 13.2. The number of H-pyrrole nitrogens is 1. The molecule has 1 aromatic heterocycles. The maximum Gasteiger partial charge on any atom is 0.230 e. The van der Waals surface area contributed by atoms with Crippen LogP contribution in [0.25, 0.3) is 10.9 Å². The fraction of sp³-hybridized carbons (Fsp3) is 0.400. The number of amides is 1. The predicted molar refractivity (Wildman–Crippen MR) is 74.6 cm³/mol. The molecule has 0 aliphatic heterocycles. The van der Waals surface area contributed by atoms with Crippen LogP contribution in [0.2, 0.25) is 0 Å². The second kappa shape index (κ2) is 4.68. The van der Waals surface area contributed by atoms with Gasteiger partial charge in [-0.1, -0.05) is 0 Å². The number of halogens is 1. The van der Waals surface area contributed by atoms with E-state index in [2.05, 4.69) is 10.3 Å². The zero-order valence-electron chi connectivity index (χ0n) is 11.7. The number of hydrogen-bond acceptors (Lipinski definition) is 1. The van der Waals surface area contributed by atoms with Crippen LogP contribution in [0.4, 0.5) is 4.39 Å². The van der Waals surface area contributed by atoms with E-state index in [0.29, 0.717) is 5.52 Å². The molecular weight excluding hydrogens is 243 g/mol. The van der Waals surface area contributed by atoms with Gasteiger partial charge in [-0.2, -0.15) is 0 Å². The lowest BCUT2D eigenvalue weighted by molar-refractivity contribution is -0.126. The van der Waals surface area contributed by atoms with E-state index in [4.69, 9.17) is 0 Å². The number of hydrogen-bond donors (Lipinski definition) is 2. The van der Waals surface area contributed by atoms with Crippen molar-refractivity contribution in [3.05, 3.63) is 35.8 Å². The summed E-state index contributed by atoms with van der Waals surface area (Å²) in [7, 11) is 0. The molecule has 0 unspecified atom stereocenters. The lowest BCUT2D eigenvalue weighted by Gasteiger charge is -2.24. The Morgan fingerprint density at radius 2 is 2.05 bits per heavy atom. The molecule has 0 saturated carbocycles. The molecule has 0 fully saturated rings. The fourth-order valence-corrected chi connectivity index (χ4v) is 2.18. The topological polar surface area (TPSA) is 44.9 Å². The summed E-state index contributed by atoms with van der Waals surface area (Å²) in [6.07, 6.45) is 1.78. The van der Waals surface area contributed by atoms with Gasteiger partial charge in [-0.3, -0.25) is 4.79 Å². The Hall–Kier alpha value is -1.84. The van der Waals surface area contributed by atoms with Gasteiger partial charge in [0, 0.05) is 23.1 Å². The van der Waals surface area contributed by atoms with E-state index in [-0.39, 0.29) is 17.8 Å². The van der Waals surface area contributed by atoms with E-state index in [0.717, 1.165) is 10.9 Å². The molecule has 0 aliphatic carbocycles. The Bertz CT molecular complexity index is 614. The summed E-state index contributed by atoms with van der Waals surface area (Å²) in [5.74, 6) is -0.321. The Labute approximate surface area is 112 Å². The minimum atomic E-state index is -0.666. The number of carbonyl (C=O) groups excluding carboxylic acids is 1. The number of aromatic nitrogens is 1. The summed E-state index contributed by atoms with van der Waals surface area (Å²) in [6, 6.07) is 4.65. The molecule has 1 amide bonds. The van der Waals surface area contributed by atoms with E-state index in [9.17, 15) is 9.18 Å². The number of benzene rings is 1. The quantitative estimate of drug-likeness (QED) is 0.877. The number of aromatic amines is 1. The Kier molecular flexibility index (Phi) is 3.35. The van der Waals surface area contributed by atoms with Crippen LogP contribution < -0.4 is 5.32 Å². The summed E-state index contributed by atoms with van der Waals surface area (Å²) >= 11 is 0. The number of nitrogens with one attached hydrogen (secondary N) is 2. The molecule has 2 rings (SSSR count). The molecule has 0 spiro atoms. The highest BCUT2D eigenvalue weighted by Gasteiger charge is 2.32. The predicted octanol–water partition coefficient (Wildman–Crippen LogP) is 3.11. The minimum absolute atomic E-state index is 0.0345. The summed E-state index contributed by atoms with van der Waals surface area (Å²) in [5, 5.41) is 3.80. The summed E-state index contributed by atoms with van der Waals surface area (Å²) in [6.45, 7) is 7.60. The van der Waals surface area contributed by atoms with Crippen LogP contribution in [-0.4, -0.2) is 16.9 Å². The van der Waals surface area contributed by atoms with Crippen molar-refractivity contribution in [3.63, 3.8) is 0 Å². The Morgan fingerprint density at radius 1 is 1.37 bits per heavy atom. The molecule has 4 heteroatoms. The smallest absolute Gasteiger partial charge is 0.230 e. The minimum Gasteiger partial charge on any atom is -0.361 e. The van der Waals surface area contributed by atoms with Gasteiger partial charge in [0.15, 0.2) is 0 Å². The fourth-order valence-electron chi connectivity index (χ4n) is 2.18. The van der Waals surface area contributed by atoms with Crippen molar-refractivity contribution in [2.75, 3.05) is 0 Å². The summed E-state index contributed by atoms with van der Waals surface area (Å²) in [4.78, 5) is 15.3. The third-order valence-corrected chi connectivity index (χ3v) is 3.30. The third-order valence-electron chi connectivity index (χ3n) is 3.30. The van der Waals surface area contributed by atoms with Gasteiger partial charge in [0.2, 0.25) is 5.91 Å². The van der Waals surface area contributed by atoms with Gasteiger partial charge in [0.05, 0.1) is 5.41 Å². The van der Waals surface area contributed by atoms with Crippen LogP contribution in [0.5, 0.6) is 0 Å². The average molecular weight is 262 g/mol. The molecule has 0 aliphatic rings. The maximum absolute atomic E-state index is 13.2. The van der Waals surface area contributed by atoms with E-state index in [1.807, 2.05) is 27.7 Å². The van der Waals surface area contributed by atoms with Crippen molar-refractivity contribution in [2.24, 2.45) is 0 Å². The second-order valence-electron chi connectivity index (χ2n) is 5.65. The van der Waals surface area contributed by atoms with Crippen molar-refractivity contribution in [1.29, 1.82) is 0 Å². The van der Waals surface area contributed by atoms with E-state index < -0.39 is 5.41 Å². The number of rotatable bonds is 3. The van der Waals surface area contributed by atoms with Gasteiger partial charge >= 0.3 is 0 Å². The molecule has 0 atom stereocenters. The monoisotopic (exact) mass is 262 g/mol. The van der Waals surface area contributed by atoms with Gasteiger partial charge in [0.1, 0.15) is 5.82 Å². The first kappa shape index (κ1) is 13.6. The highest BCUT2D eigenvalue weighted by Crippen LogP contribution is 2.31. The van der Waals surface area contributed by atoms with Crippen LogP contribution in [-0.2, 0) is 10.2 Å². The largest absolute Gasteiger partial charge is 0.361 e. The molecule has 3 nitrogen and oxygen atoms in total. The Morgan fingerprint density at radius 3 is 2.68 bits per heavy atom. The maximum atomic E-state index is 13.2. The molecule has 19 heavy (non-hydrogen) atoms. The zero-order chi connectivity index (χ0) is 14.2. The van der Waals surface area contributed by atoms with Crippen LogP contribution in [0.15, 0.2) is 24.4 Å². The molecule has 1 heterocycles. The number of carbonyl (C=O) groups is 1. The van der Waals surface area contributed by atoms with E-state index in [1.54, 1.807) is 12.3 Å². The van der Waals surface area contributed by atoms with Gasteiger partial charge in [-0.25, -0.2) is 4.39 Å². The Balaban J connectivity index is 2.45. The van der Waals surface area contributed by atoms with Gasteiger partial charge in [-0.15, -0.1) is 0 Å². The zero-order valence-corrected chi connectivity index (χ0v) is 11.7. The van der Waals surface area contributed by atoms with Crippen molar-refractivity contribution in [2.45, 2.75) is 39.2 Å². The van der Waals surface area contributed by atoms with Gasteiger partial charge in [0.25, 0.3) is 0 Å². The van der Waals surface area contributed by atoms with Crippen molar-refractivity contribution in [3.8, 4) is 0 Å². The SMILES string of the molecule is CC(C)NC(=O)C(C)(C)c1c[nH]c2cc(F)ccc12. The average Bonchev–Trinajstić information content (AvgIpc) is 2.71. The first-order chi connectivity index (χ1) is 8.82. The van der Waals surface area contributed by atoms with Crippen LogP contribution in [0.3, 0.4) is 0 Å². The summed E-state index contributed by atoms with van der Waals surface area (Å²) in [5.41, 5.74) is 0.918. The molecule has 102 valence electrons.